The van der Waals surface area contributed by atoms with E-state index in [4.69, 9.17) is 14.7 Å². The molecule has 3 N–H and O–H groups in total. The molecule has 0 saturated heterocycles. The Labute approximate surface area is 136 Å². The summed E-state index contributed by atoms with van der Waals surface area (Å²) in [6.45, 7) is 0. The van der Waals surface area contributed by atoms with Crippen molar-refractivity contribution in [2.24, 2.45) is 5.73 Å². The minimum Gasteiger partial charge on any atom is -0.422 e. The van der Waals surface area contributed by atoms with Crippen LogP contribution in [-0.2, 0) is 10.1 Å². The average molecular weight is 348 g/mol. The van der Waals surface area contributed by atoms with E-state index in [0.29, 0.717) is 5.39 Å². The number of rotatable bonds is 2. The van der Waals surface area contributed by atoms with Crippen molar-refractivity contribution in [3.05, 3.63) is 70.7 Å². The SMILES string of the molecule is NC(=O)c1cccc2ccc(=O)oc12.O=S(=O)(O)c1ccccn1. The zero-order valence-electron chi connectivity index (χ0n) is 12.1. The first-order valence-electron chi connectivity index (χ1n) is 6.50. The van der Waals surface area contributed by atoms with Gasteiger partial charge in [0.25, 0.3) is 5.91 Å². The quantitative estimate of drug-likeness (QED) is 0.524. The molecular weight excluding hydrogens is 336 g/mol. The van der Waals surface area contributed by atoms with E-state index in [0.717, 1.165) is 0 Å². The van der Waals surface area contributed by atoms with Gasteiger partial charge in [-0.15, -0.1) is 0 Å². The van der Waals surface area contributed by atoms with Crippen LogP contribution < -0.4 is 11.4 Å². The molecular formula is C15H12N2O6S. The smallest absolute Gasteiger partial charge is 0.336 e. The standard InChI is InChI=1S/C10H7NO3.C5H5NO3S/c11-10(13)7-3-1-2-6-4-5-8(12)14-9(6)7;7-10(8,9)5-3-1-2-4-6-5/h1-5H,(H2,11,13);1-4H,(H,7,8,9). The Kier molecular flexibility index (Phi) is 5.07. The molecule has 3 rings (SSSR count). The summed E-state index contributed by atoms with van der Waals surface area (Å²) >= 11 is 0. The highest BCUT2D eigenvalue weighted by atomic mass is 32.2. The summed E-state index contributed by atoms with van der Waals surface area (Å²) < 4.78 is 33.9. The number of para-hydroxylation sites is 1. The number of aromatic nitrogens is 1. The highest BCUT2D eigenvalue weighted by molar-refractivity contribution is 7.85. The summed E-state index contributed by atoms with van der Waals surface area (Å²) in [6, 6.07) is 12.1. The summed E-state index contributed by atoms with van der Waals surface area (Å²) in [5.41, 5.74) is 5.10. The Balaban J connectivity index is 0.000000185. The third-order valence-electron chi connectivity index (χ3n) is 2.81. The van der Waals surface area contributed by atoms with Gasteiger partial charge in [-0.25, -0.2) is 9.78 Å². The van der Waals surface area contributed by atoms with Crippen LogP contribution in [0.2, 0.25) is 0 Å². The van der Waals surface area contributed by atoms with Crippen LogP contribution >= 0.6 is 0 Å². The van der Waals surface area contributed by atoms with Gasteiger partial charge in [0.1, 0.15) is 0 Å². The fraction of sp³-hybridized carbons (Fsp3) is 0. The maximum atomic E-state index is 11.0. The van der Waals surface area contributed by atoms with E-state index in [1.807, 2.05) is 0 Å². The second kappa shape index (κ2) is 7.02. The number of hydrogen-bond donors (Lipinski definition) is 2. The highest BCUT2D eigenvalue weighted by Crippen LogP contribution is 2.15. The van der Waals surface area contributed by atoms with Gasteiger partial charge in [-0.1, -0.05) is 18.2 Å². The summed E-state index contributed by atoms with van der Waals surface area (Å²) in [7, 11) is -4.11. The largest absolute Gasteiger partial charge is 0.422 e. The summed E-state index contributed by atoms with van der Waals surface area (Å²) in [5, 5.41) is 0.357. The second-order valence-corrected chi connectivity index (χ2v) is 5.85. The number of carbonyl (C=O) groups is 1. The molecule has 0 atom stereocenters. The molecule has 3 aromatic rings. The van der Waals surface area contributed by atoms with Crippen molar-refractivity contribution < 1.29 is 22.2 Å². The molecule has 9 heteroatoms. The first kappa shape index (κ1) is 17.3. The zero-order chi connectivity index (χ0) is 17.7. The van der Waals surface area contributed by atoms with Gasteiger partial charge in [0, 0.05) is 17.6 Å². The topological polar surface area (TPSA) is 141 Å². The van der Waals surface area contributed by atoms with Crippen molar-refractivity contribution in [3.8, 4) is 0 Å². The Bertz CT molecular complexity index is 1030. The Morgan fingerprint density at radius 1 is 1.08 bits per heavy atom. The van der Waals surface area contributed by atoms with Crippen LogP contribution in [0.1, 0.15) is 10.4 Å². The fourth-order valence-electron chi connectivity index (χ4n) is 1.79. The number of amides is 1. The van der Waals surface area contributed by atoms with E-state index in [-0.39, 0.29) is 16.2 Å². The van der Waals surface area contributed by atoms with E-state index in [1.54, 1.807) is 24.3 Å². The second-order valence-electron chi connectivity index (χ2n) is 4.49. The van der Waals surface area contributed by atoms with Crippen molar-refractivity contribution in [1.82, 2.24) is 4.98 Å². The summed E-state index contributed by atoms with van der Waals surface area (Å²) in [6.07, 6.45) is 1.29. The van der Waals surface area contributed by atoms with E-state index >= 15 is 0 Å². The molecule has 0 spiro atoms. The minimum atomic E-state index is -4.11. The molecule has 2 aromatic heterocycles. The lowest BCUT2D eigenvalue weighted by Crippen LogP contribution is -2.12. The molecule has 0 aliphatic rings. The Hall–Kier alpha value is -3.04. The summed E-state index contributed by atoms with van der Waals surface area (Å²) in [4.78, 5) is 25.3. The van der Waals surface area contributed by atoms with Crippen LogP contribution in [-0.4, -0.2) is 23.9 Å². The number of pyridine rings is 1. The average Bonchev–Trinajstić information content (AvgIpc) is 2.54. The highest BCUT2D eigenvalue weighted by Gasteiger charge is 2.08. The normalized spacial score (nSPS) is 10.7. The van der Waals surface area contributed by atoms with Gasteiger partial charge in [0.15, 0.2) is 10.6 Å². The van der Waals surface area contributed by atoms with Crippen LogP contribution in [0, 0.1) is 0 Å². The molecule has 0 fully saturated rings. The molecule has 24 heavy (non-hydrogen) atoms. The van der Waals surface area contributed by atoms with Crippen molar-refractivity contribution in [1.29, 1.82) is 0 Å². The van der Waals surface area contributed by atoms with Gasteiger partial charge in [0.2, 0.25) is 0 Å². The van der Waals surface area contributed by atoms with Gasteiger partial charge in [-0.3, -0.25) is 9.35 Å². The predicted octanol–water partition coefficient (Wildman–Crippen LogP) is 1.22. The van der Waals surface area contributed by atoms with Gasteiger partial charge in [0.05, 0.1) is 5.56 Å². The number of fused-ring (bicyclic) bond motifs is 1. The molecule has 0 radical (unpaired) electrons. The Morgan fingerprint density at radius 3 is 2.38 bits per heavy atom. The van der Waals surface area contributed by atoms with E-state index in [1.165, 1.54) is 30.5 Å². The van der Waals surface area contributed by atoms with Crippen LogP contribution in [0.4, 0.5) is 0 Å². The third kappa shape index (κ3) is 4.24. The fourth-order valence-corrected chi connectivity index (χ4v) is 2.23. The molecule has 0 aliphatic heterocycles. The minimum absolute atomic E-state index is 0.222. The molecule has 0 saturated carbocycles. The van der Waals surface area contributed by atoms with Gasteiger partial charge in [-0.2, -0.15) is 8.42 Å². The number of nitrogens with zero attached hydrogens (tertiary/aromatic N) is 1. The molecule has 0 bridgehead atoms. The van der Waals surface area contributed by atoms with Crippen LogP contribution in [0.3, 0.4) is 0 Å². The Morgan fingerprint density at radius 2 is 1.83 bits per heavy atom. The number of carbonyl (C=O) groups excluding carboxylic acids is 1. The van der Waals surface area contributed by atoms with Gasteiger partial charge < -0.3 is 10.2 Å². The maximum Gasteiger partial charge on any atom is 0.336 e. The van der Waals surface area contributed by atoms with Gasteiger partial charge in [-0.05, 0) is 24.3 Å². The number of nitrogens with two attached hydrogens (primary N) is 1. The first-order valence-corrected chi connectivity index (χ1v) is 7.94. The lowest BCUT2D eigenvalue weighted by Gasteiger charge is -1.99. The molecule has 0 aliphatic carbocycles. The number of hydrogen-bond acceptors (Lipinski definition) is 6. The molecule has 2 heterocycles. The maximum absolute atomic E-state index is 11.0. The monoisotopic (exact) mass is 348 g/mol. The third-order valence-corrected chi connectivity index (χ3v) is 3.58. The van der Waals surface area contributed by atoms with Crippen LogP contribution in [0.5, 0.6) is 0 Å². The first-order chi connectivity index (χ1) is 11.3. The summed E-state index contributed by atoms with van der Waals surface area (Å²) in [5.74, 6) is -0.607. The zero-order valence-corrected chi connectivity index (χ0v) is 12.9. The van der Waals surface area contributed by atoms with Crippen LogP contribution in [0.15, 0.2) is 69.0 Å². The van der Waals surface area contributed by atoms with E-state index in [9.17, 15) is 18.0 Å². The van der Waals surface area contributed by atoms with E-state index in [2.05, 4.69) is 4.98 Å². The molecule has 8 nitrogen and oxygen atoms in total. The van der Waals surface area contributed by atoms with Crippen LogP contribution in [0.25, 0.3) is 11.0 Å². The van der Waals surface area contributed by atoms with Gasteiger partial charge >= 0.3 is 15.7 Å². The molecule has 124 valence electrons. The van der Waals surface area contributed by atoms with Crippen molar-refractivity contribution in [2.75, 3.05) is 0 Å². The van der Waals surface area contributed by atoms with Crippen molar-refractivity contribution in [3.63, 3.8) is 0 Å². The molecule has 1 amide bonds. The number of primary amides is 1. The van der Waals surface area contributed by atoms with Crippen molar-refractivity contribution in [2.45, 2.75) is 5.03 Å². The molecule has 1 aromatic carbocycles. The van der Waals surface area contributed by atoms with E-state index < -0.39 is 21.7 Å². The number of benzene rings is 1. The lowest BCUT2D eigenvalue weighted by atomic mass is 10.1. The lowest BCUT2D eigenvalue weighted by molar-refractivity contribution is 0.100. The molecule has 0 unspecified atom stereocenters. The van der Waals surface area contributed by atoms with Crippen molar-refractivity contribution >= 4 is 27.0 Å². The predicted molar refractivity (Wildman–Crippen MR) is 85.1 cm³/mol.